The number of hydrogen-bond acceptors (Lipinski definition) is 2. The van der Waals surface area contributed by atoms with Gasteiger partial charge in [0.15, 0.2) is 0 Å². The third-order valence-electron chi connectivity index (χ3n) is 2.40. The van der Waals surface area contributed by atoms with Crippen LogP contribution in [0.15, 0.2) is 35.1 Å². The van der Waals surface area contributed by atoms with Gasteiger partial charge in [0.1, 0.15) is 10.8 Å². The van der Waals surface area contributed by atoms with E-state index in [0.717, 1.165) is 12.0 Å². The number of halogens is 1. The van der Waals surface area contributed by atoms with Crippen molar-refractivity contribution < 1.29 is 0 Å². The predicted molar refractivity (Wildman–Crippen MR) is 64.7 cm³/mol. The summed E-state index contributed by atoms with van der Waals surface area (Å²) in [4.78, 5) is 11.6. The number of aromatic nitrogens is 2. The zero-order valence-electron chi connectivity index (χ0n) is 8.83. The van der Waals surface area contributed by atoms with Gasteiger partial charge < -0.3 is 0 Å². The van der Waals surface area contributed by atoms with E-state index in [1.54, 1.807) is 0 Å². The summed E-state index contributed by atoms with van der Waals surface area (Å²) < 4.78 is 0. The summed E-state index contributed by atoms with van der Waals surface area (Å²) in [5, 5.41) is 6.77. The van der Waals surface area contributed by atoms with Crippen molar-refractivity contribution in [2.45, 2.75) is 13.3 Å². The minimum atomic E-state index is -0.173. The first kappa shape index (κ1) is 10.9. The van der Waals surface area contributed by atoms with Crippen LogP contribution in [0.4, 0.5) is 0 Å². The van der Waals surface area contributed by atoms with Crippen LogP contribution in [0.5, 0.6) is 0 Å². The topological polar surface area (TPSA) is 45.8 Å². The Bertz CT molecular complexity index is 546. The number of hydrogen-bond donors (Lipinski definition) is 1. The Morgan fingerprint density at radius 2 is 2.00 bits per heavy atom. The molecule has 0 saturated heterocycles. The molecular formula is C12H11ClN2O. The van der Waals surface area contributed by atoms with E-state index < -0.39 is 0 Å². The maximum absolute atomic E-state index is 11.6. The Labute approximate surface area is 98.1 Å². The molecule has 0 atom stereocenters. The van der Waals surface area contributed by atoms with Crippen LogP contribution >= 0.6 is 11.6 Å². The summed E-state index contributed by atoms with van der Waals surface area (Å²) in [6.07, 6.45) is 0.977. The van der Waals surface area contributed by atoms with Crippen molar-refractivity contribution in [3.05, 3.63) is 51.3 Å². The summed E-state index contributed by atoms with van der Waals surface area (Å²) in [6, 6.07) is 9.10. The highest BCUT2D eigenvalue weighted by Gasteiger charge is 2.05. The number of nitrogens with zero attached hydrogens (tertiary/aromatic N) is 1. The van der Waals surface area contributed by atoms with Crippen LogP contribution in [0.1, 0.15) is 12.5 Å². The van der Waals surface area contributed by atoms with E-state index in [9.17, 15) is 4.79 Å². The first-order chi connectivity index (χ1) is 7.70. The van der Waals surface area contributed by atoms with Crippen LogP contribution in [0.3, 0.4) is 0 Å². The SMILES string of the molecule is CCc1ccc(-c2n[nH]c(Cl)cc2=O)cc1. The van der Waals surface area contributed by atoms with Gasteiger partial charge in [-0.2, -0.15) is 5.10 Å². The molecule has 1 aromatic carbocycles. The molecule has 4 heteroatoms. The van der Waals surface area contributed by atoms with E-state index in [0.29, 0.717) is 5.69 Å². The number of benzene rings is 1. The lowest BCUT2D eigenvalue weighted by atomic mass is 10.1. The fourth-order valence-corrected chi connectivity index (χ4v) is 1.63. The average Bonchev–Trinajstić information content (AvgIpc) is 2.29. The lowest BCUT2D eigenvalue weighted by molar-refractivity contribution is 1.03. The molecule has 0 saturated carbocycles. The summed E-state index contributed by atoms with van der Waals surface area (Å²) in [5.41, 5.74) is 2.25. The van der Waals surface area contributed by atoms with E-state index in [2.05, 4.69) is 17.1 Å². The lowest BCUT2D eigenvalue weighted by Crippen LogP contribution is -2.07. The Morgan fingerprint density at radius 1 is 1.31 bits per heavy atom. The quantitative estimate of drug-likeness (QED) is 0.868. The van der Waals surface area contributed by atoms with Gasteiger partial charge in [-0.15, -0.1) is 0 Å². The zero-order chi connectivity index (χ0) is 11.5. The van der Waals surface area contributed by atoms with Crippen LogP contribution in [0.25, 0.3) is 11.3 Å². The van der Waals surface area contributed by atoms with Crippen LogP contribution in [-0.2, 0) is 6.42 Å². The second-order valence-electron chi connectivity index (χ2n) is 3.48. The predicted octanol–water partition coefficient (Wildman–Crippen LogP) is 2.65. The first-order valence-corrected chi connectivity index (χ1v) is 5.43. The number of rotatable bonds is 2. The molecule has 1 N–H and O–H groups in total. The van der Waals surface area contributed by atoms with Gasteiger partial charge >= 0.3 is 0 Å². The fraction of sp³-hybridized carbons (Fsp3) is 0.167. The molecule has 16 heavy (non-hydrogen) atoms. The first-order valence-electron chi connectivity index (χ1n) is 5.05. The average molecular weight is 235 g/mol. The molecule has 2 rings (SSSR count). The van der Waals surface area contributed by atoms with Gasteiger partial charge in [0.25, 0.3) is 0 Å². The van der Waals surface area contributed by atoms with Gasteiger partial charge in [0.2, 0.25) is 5.43 Å². The number of aryl methyl sites for hydroxylation is 1. The van der Waals surface area contributed by atoms with Gasteiger partial charge in [-0.05, 0) is 12.0 Å². The molecule has 0 radical (unpaired) electrons. The van der Waals surface area contributed by atoms with Crippen molar-refractivity contribution in [3.8, 4) is 11.3 Å². The number of H-pyrrole nitrogens is 1. The maximum atomic E-state index is 11.6. The largest absolute Gasteiger partial charge is 0.287 e. The van der Waals surface area contributed by atoms with E-state index >= 15 is 0 Å². The molecule has 1 aromatic heterocycles. The van der Waals surface area contributed by atoms with Crippen LogP contribution < -0.4 is 5.43 Å². The van der Waals surface area contributed by atoms with Gasteiger partial charge in [0.05, 0.1) is 0 Å². The number of nitrogens with one attached hydrogen (secondary N) is 1. The van der Waals surface area contributed by atoms with E-state index in [4.69, 9.17) is 11.6 Å². The van der Waals surface area contributed by atoms with Gasteiger partial charge in [0, 0.05) is 11.6 Å². The van der Waals surface area contributed by atoms with Crippen molar-refractivity contribution >= 4 is 11.6 Å². The minimum Gasteiger partial charge on any atom is -0.287 e. The van der Waals surface area contributed by atoms with E-state index in [1.165, 1.54) is 11.6 Å². The Hall–Kier alpha value is -1.61. The van der Waals surface area contributed by atoms with Crippen LogP contribution in [0, 0.1) is 0 Å². The molecule has 82 valence electrons. The smallest absolute Gasteiger partial charge is 0.209 e. The van der Waals surface area contributed by atoms with Crippen molar-refractivity contribution in [2.75, 3.05) is 0 Å². The van der Waals surface area contributed by atoms with Crippen molar-refractivity contribution in [1.29, 1.82) is 0 Å². The Balaban J connectivity index is 2.46. The van der Waals surface area contributed by atoms with Crippen LogP contribution in [0.2, 0.25) is 5.15 Å². The highest BCUT2D eigenvalue weighted by Crippen LogP contribution is 2.14. The lowest BCUT2D eigenvalue weighted by Gasteiger charge is -2.01. The van der Waals surface area contributed by atoms with Gasteiger partial charge in [-0.1, -0.05) is 42.8 Å². The molecule has 0 amide bonds. The molecule has 1 heterocycles. The van der Waals surface area contributed by atoms with Crippen molar-refractivity contribution in [3.63, 3.8) is 0 Å². The molecule has 3 nitrogen and oxygen atoms in total. The van der Waals surface area contributed by atoms with E-state index in [-0.39, 0.29) is 10.6 Å². The zero-order valence-corrected chi connectivity index (χ0v) is 9.58. The Morgan fingerprint density at radius 3 is 2.56 bits per heavy atom. The fourth-order valence-electron chi connectivity index (χ4n) is 1.49. The third kappa shape index (κ3) is 2.14. The second-order valence-corrected chi connectivity index (χ2v) is 3.89. The molecule has 2 aromatic rings. The van der Waals surface area contributed by atoms with Gasteiger partial charge in [-0.3, -0.25) is 9.89 Å². The normalized spacial score (nSPS) is 10.4. The maximum Gasteiger partial charge on any atom is 0.209 e. The van der Waals surface area contributed by atoms with E-state index in [1.807, 2.05) is 24.3 Å². The highest BCUT2D eigenvalue weighted by atomic mass is 35.5. The molecular weight excluding hydrogens is 224 g/mol. The Kier molecular flexibility index (Phi) is 3.06. The summed E-state index contributed by atoms with van der Waals surface area (Å²) in [5.74, 6) is 0. The third-order valence-corrected chi connectivity index (χ3v) is 2.59. The molecule has 0 spiro atoms. The highest BCUT2D eigenvalue weighted by molar-refractivity contribution is 6.29. The molecule has 0 aliphatic heterocycles. The monoisotopic (exact) mass is 234 g/mol. The minimum absolute atomic E-state index is 0.173. The summed E-state index contributed by atoms with van der Waals surface area (Å²) in [7, 11) is 0. The molecule has 0 aliphatic carbocycles. The molecule has 0 fully saturated rings. The van der Waals surface area contributed by atoms with Crippen molar-refractivity contribution in [1.82, 2.24) is 10.2 Å². The second kappa shape index (κ2) is 4.49. The van der Waals surface area contributed by atoms with Crippen molar-refractivity contribution in [2.24, 2.45) is 0 Å². The van der Waals surface area contributed by atoms with Crippen LogP contribution in [-0.4, -0.2) is 10.2 Å². The molecule has 0 aliphatic rings. The van der Waals surface area contributed by atoms with Gasteiger partial charge in [-0.25, -0.2) is 0 Å². The molecule has 0 bridgehead atoms. The standard InChI is InChI=1S/C12H11ClN2O/c1-2-8-3-5-9(6-4-8)12-10(16)7-11(13)14-15-12/h3-7H,2H2,1H3,(H,14,16). The summed E-state index contributed by atoms with van der Waals surface area (Å²) >= 11 is 5.63. The molecule has 0 unspecified atom stereocenters. The summed E-state index contributed by atoms with van der Waals surface area (Å²) in [6.45, 7) is 2.09. The number of aromatic amines is 1.